The molecule has 1 aromatic carbocycles. The fraction of sp³-hybridized carbons (Fsp3) is 0.375. The van der Waals surface area contributed by atoms with Gasteiger partial charge in [0.15, 0.2) is 0 Å². The van der Waals surface area contributed by atoms with Crippen LogP contribution in [0.25, 0.3) is 11.1 Å². The second-order valence-corrected chi connectivity index (χ2v) is 11.7. The summed E-state index contributed by atoms with van der Waals surface area (Å²) in [7, 11) is 1.87. The van der Waals surface area contributed by atoms with Gasteiger partial charge in [0.2, 0.25) is 5.95 Å². The molecule has 1 saturated carbocycles. The second kappa shape index (κ2) is 13.5. The first-order valence-electron chi connectivity index (χ1n) is 14.7. The van der Waals surface area contributed by atoms with E-state index in [1.54, 1.807) is 22.0 Å². The lowest BCUT2D eigenvalue weighted by Crippen LogP contribution is -2.49. The molecule has 0 radical (unpaired) electrons. The molecule has 12 heteroatoms. The molecule has 0 spiro atoms. The van der Waals surface area contributed by atoms with E-state index in [0.717, 1.165) is 42.4 Å². The predicted octanol–water partition coefficient (Wildman–Crippen LogP) is 4.47. The lowest BCUT2D eigenvalue weighted by atomic mass is 9.90. The Balaban J connectivity index is 1.29. The highest BCUT2D eigenvalue weighted by molar-refractivity contribution is 5.91. The van der Waals surface area contributed by atoms with Crippen molar-refractivity contribution in [3.63, 3.8) is 0 Å². The highest BCUT2D eigenvalue weighted by atomic mass is 16.3. The summed E-state index contributed by atoms with van der Waals surface area (Å²) in [5.41, 5.74) is 2.57. The molecule has 0 unspecified atom stereocenters. The maximum atomic E-state index is 13.7. The minimum atomic E-state index is -0.649. The average molecular weight is 595 g/mol. The van der Waals surface area contributed by atoms with Crippen molar-refractivity contribution >= 4 is 23.6 Å². The third kappa shape index (κ3) is 7.48. The number of nitrogens with one attached hydrogen (secondary N) is 3. The van der Waals surface area contributed by atoms with Crippen LogP contribution in [0.1, 0.15) is 50.7 Å². The molecule has 44 heavy (non-hydrogen) atoms. The van der Waals surface area contributed by atoms with E-state index in [1.165, 1.54) is 6.20 Å². The van der Waals surface area contributed by atoms with Crippen LogP contribution in [0.4, 0.5) is 22.4 Å². The van der Waals surface area contributed by atoms with Gasteiger partial charge in [0.05, 0.1) is 24.5 Å². The molecule has 4 N–H and O–H groups in total. The van der Waals surface area contributed by atoms with Gasteiger partial charge in [0.1, 0.15) is 23.3 Å². The Labute approximate surface area is 257 Å². The number of benzene rings is 1. The lowest BCUT2D eigenvalue weighted by Gasteiger charge is -2.36. The van der Waals surface area contributed by atoms with Crippen LogP contribution in [-0.4, -0.2) is 60.1 Å². The Morgan fingerprint density at radius 3 is 2.48 bits per heavy atom. The maximum Gasteiger partial charge on any atom is 0.323 e. The molecule has 5 rings (SSSR count). The van der Waals surface area contributed by atoms with E-state index in [1.807, 2.05) is 69.6 Å². The van der Waals surface area contributed by atoms with E-state index >= 15 is 0 Å². The number of aliphatic hydroxyl groups excluding tert-OH is 1. The van der Waals surface area contributed by atoms with Crippen LogP contribution in [0, 0.1) is 11.3 Å². The fourth-order valence-corrected chi connectivity index (χ4v) is 5.23. The van der Waals surface area contributed by atoms with Crippen LogP contribution in [0.2, 0.25) is 0 Å². The van der Waals surface area contributed by atoms with Crippen molar-refractivity contribution in [1.82, 2.24) is 30.0 Å². The number of carbonyl (C=O) groups is 1. The van der Waals surface area contributed by atoms with Crippen molar-refractivity contribution in [3.8, 4) is 17.2 Å². The number of aliphatic hydroxyl groups is 1. The standard InChI is InChI=1S/C32H38N10O2/c1-32(2,21-43)40-29-24(15-33)18-35-30(39-29)38-26-10-12-27(13-11-26)42(31(44)36-16-22-7-5-4-6-8-22)28-14-9-23(17-34-28)25-19-37-41(3)20-25/h4-9,14,17-20,26-27,43H,10-13,16,21H2,1-3H3,(H,36,44)(H2,35,38,39,40). The number of nitrogens with zero attached hydrogens (tertiary/aromatic N) is 7. The Morgan fingerprint density at radius 2 is 1.84 bits per heavy atom. The summed E-state index contributed by atoms with van der Waals surface area (Å²) in [6, 6.07) is 15.6. The Kier molecular flexibility index (Phi) is 9.35. The average Bonchev–Trinajstić information content (AvgIpc) is 3.48. The molecule has 0 bridgehead atoms. The first-order valence-corrected chi connectivity index (χ1v) is 14.7. The lowest BCUT2D eigenvalue weighted by molar-refractivity contribution is 0.234. The quantitative estimate of drug-likeness (QED) is 0.208. The Morgan fingerprint density at radius 1 is 1.07 bits per heavy atom. The van der Waals surface area contributed by atoms with E-state index in [2.05, 4.69) is 37.1 Å². The zero-order chi connectivity index (χ0) is 31.1. The maximum absolute atomic E-state index is 13.7. The summed E-state index contributed by atoms with van der Waals surface area (Å²) in [5.74, 6) is 1.38. The molecular weight excluding hydrogens is 556 g/mol. The first kappa shape index (κ1) is 30.4. The van der Waals surface area contributed by atoms with Gasteiger partial charge in [0, 0.05) is 49.2 Å². The van der Waals surface area contributed by atoms with Crippen LogP contribution < -0.4 is 20.9 Å². The molecule has 228 valence electrons. The summed E-state index contributed by atoms with van der Waals surface area (Å²) >= 11 is 0. The molecule has 1 fully saturated rings. The third-order valence-corrected chi connectivity index (χ3v) is 7.69. The number of hydrogen-bond acceptors (Lipinski definition) is 9. The van der Waals surface area contributed by atoms with Crippen molar-refractivity contribution in [1.29, 1.82) is 5.26 Å². The van der Waals surface area contributed by atoms with E-state index < -0.39 is 5.54 Å². The van der Waals surface area contributed by atoms with E-state index in [-0.39, 0.29) is 24.7 Å². The molecule has 2 amide bonds. The van der Waals surface area contributed by atoms with E-state index in [0.29, 0.717) is 29.7 Å². The number of rotatable bonds is 10. The summed E-state index contributed by atoms with van der Waals surface area (Å²) in [4.78, 5) is 29.0. The van der Waals surface area contributed by atoms with Crippen LogP contribution in [0.5, 0.6) is 0 Å². The Bertz CT molecular complexity index is 1590. The van der Waals surface area contributed by atoms with Gasteiger partial charge >= 0.3 is 6.03 Å². The van der Waals surface area contributed by atoms with Crippen molar-refractivity contribution in [2.45, 2.75) is 63.7 Å². The number of nitriles is 1. The molecule has 12 nitrogen and oxygen atoms in total. The zero-order valence-corrected chi connectivity index (χ0v) is 25.2. The van der Waals surface area contributed by atoms with Crippen LogP contribution in [0.15, 0.2) is 67.3 Å². The number of pyridine rings is 1. The van der Waals surface area contributed by atoms with E-state index in [9.17, 15) is 15.2 Å². The van der Waals surface area contributed by atoms with Crippen molar-refractivity contribution < 1.29 is 9.90 Å². The van der Waals surface area contributed by atoms with Gasteiger partial charge < -0.3 is 21.1 Å². The largest absolute Gasteiger partial charge is 0.394 e. The highest BCUT2D eigenvalue weighted by Gasteiger charge is 2.31. The topological polar surface area (TPSA) is 157 Å². The van der Waals surface area contributed by atoms with Gasteiger partial charge in [0.25, 0.3) is 0 Å². The number of carbonyl (C=O) groups excluding carboxylic acids is 1. The molecule has 3 heterocycles. The highest BCUT2D eigenvalue weighted by Crippen LogP contribution is 2.30. The fourth-order valence-electron chi connectivity index (χ4n) is 5.23. The van der Waals surface area contributed by atoms with Crippen molar-refractivity contribution in [3.05, 3.63) is 78.4 Å². The number of amides is 2. The monoisotopic (exact) mass is 594 g/mol. The van der Waals surface area contributed by atoms with Gasteiger partial charge in [-0.3, -0.25) is 9.58 Å². The summed E-state index contributed by atoms with van der Waals surface area (Å²) in [6.45, 7) is 3.95. The van der Waals surface area contributed by atoms with Crippen LogP contribution in [-0.2, 0) is 13.6 Å². The van der Waals surface area contributed by atoms with Gasteiger partial charge in [-0.25, -0.2) is 14.8 Å². The summed E-state index contributed by atoms with van der Waals surface area (Å²) < 4.78 is 1.75. The van der Waals surface area contributed by atoms with Crippen molar-refractivity contribution in [2.75, 3.05) is 22.1 Å². The molecular formula is C32H38N10O2. The number of aromatic nitrogens is 5. The first-order chi connectivity index (χ1) is 21.2. The molecule has 1 aliphatic rings. The Hall–Kier alpha value is -5.02. The van der Waals surface area contributed by atoms with Gasteiger partial charge in [-0.2, -0.15) is 15.3 Å². The normalized spacial score (nSPS) is 16.5. The van der Waals surface area contributed by atoms with Gasteiger partial charge in [-0.1, -0.05) is 30.3 Å². The molecule has 0 atom stereocenters. The summed E-state index contributed by atoms with van der Waals surface area (Å²) in [6.07, 6.45) is 10.1. The zero-order valence-electron chi connectivity index (χ0n) is 25.2. The molecule has 4 aromatic rings. The minimum absolute atomic E-state index is 0.0509. The summed E-state index contributed by atoms with van der Waals surface area (Å²) in [5, 5.41) is 33.0. The third-order valence-electron chi connectivity index (χ3n) is 7.69. The van der Waals surface area contributed by atoms with Crippen LogP contribution in [0.3, 0.4) is 0 Å². The molecule has 0 aliphatic heterocycles. The molecule has 0 saturated heterocycles. The SMILES string of the molecule is Cn1cc(-c2ccc(N(C(=O)NCc3ccccc3)C3CCC(Nc4ncc(C#N)c(NC(C)(C)CO)n4)CC3)nc2)cn1. The van der Waals surface area contributed by atoms with Crippen molar-refractivity contribution in [2.24, 2.45) is 7.05 Å². The number of anilines is 3. The van der Waals surface area contributed by atoms with Gasteiger partial charge in [-0.15, -0.1) is 0 Å². The van der Waals surface area contributed by atoms with Gasteiger partial charge in [-0.05, 0) is 57.2 Å². The molecule has 3 aromatic heterocycles. The number of aryl methyl sites for hydroxylation is 1. The number of urea groups is 1. The predicted molar refractivity (Wildman–Crippen MR) is 169 cm³/mol. The smallest absolute Gasteiger partial charge is 0.323 e. The van der Waals surface area contributed by atoms with E-state index in [4.69, 9.17) is 4.98 Å². The minimum Gasteiger partial charge on any atom is -0.394 e. The molecule has 1 aliphatic carbocycles. The van der Waals surface area contributed by atoms with Crippen LogP contribution >= 0.6 is 0 Å². The second-order valence-electron chi connectivity index (χ2n) is 11.7. The number of hydrogen-bond donors (Lipinski definition) is 4.